The zero-order valence-corrected chi connectivity index (χ0v) is 16.6. The Labute approximate surface area is 170 Å². The van der Waals surface area contributed by atoms with Crippen LogP contribution in [0.4, 0.5) is 10.5 Å². The van der Waals surface area contributed by atoms with E-state index in [1.165, 1.54) is 0 Å². The van der Waals surface area contributed by atoms with Gasteiger partial charge in [-0.2, -0.15) is 5.10 Å². The molecule has 2 aromatic rings. The zero-order chi connectivity index (χ0) is 20.3. The molecule has 1 saturated carbocycles. The summed E-state index contributed by atoms with van der Waals surface area (Å²) in [6, 6.07) is 9.43. The highest BCUT2D eigenvalue weighted by Crippen LogP contribution is 2.28. The quantitative estimate of drug-likeness (QED) is 0.601. The Kier molecular flexibility index (Phi) is 5.53. The van der Waals surface area contributed by atoms with Crippen molar-refractivity contribution in [1.29, 1.82) is 0 Å². The topological polar surface area (TPSA) is 100 Å². The van der Waals surface area contributed by atoms with Gasteiger partial charge >= 0.3 is 6.03 Å². The van der Waals surface area contributed by atoms with Crippen molar-refractivity contribution in [3.8, 4) is 0 Å². The lowest BCUT2D eigenvalue weighted by atomic mass is 9.87. The van der Waals surface area contributed by atoms with Gasteiger partial charge in [-0.3, -0.25) is 9.48 Å². The first-order chi connectivity index (χ1) is 14.1. The second-order valence-corrected chi connectivity index (χ2v) is 7.92. The molecule has 8 heteroatoms. The number of nitrogens with one attached hydrogen (secondary N) is 4. The Hall–Kier alpha value is -2.87. The minimum atomic E-state index is -0.661. The van der Waals surface area contributed by atoms with Crippen molar-refractivity contribution in [2.75, 3.05) is 18.4 Å². The number of nitrogens with zero attached hydrogens (tertiary/aromatic N) is 2. The average Bonchev–Trinajstić information content (AvgIpc) is 3.36. The smallest absolute Gasteiger partial charge is 0.319 e. The first-order valence-electron chi connectivity index (χ1n) is 10.3. The molecular formula is C21H28N6O2. The second kappa shape index (κ2) is 8.24. The van der Waals surface area contributed by atoms with Gasteiger partial charge in [-0.25, -0.2) is 4.79 Å². The molecule has 4 rings (SSSR count). The molecule has 4 N–H and O–H groups in total. The predicted octanol–water partition coefficient (Wildman–Crippen LogP) is 2.12. The van der Waals surface area contributed by atoms with E-state index in [1.54, 1.807) is 10.9 Å². The van der Waals surface area contributed by atoms with Gasteiger partial charge in [-0.15, -0.1) is 0 Å². The van der Waals surface area contributed by atoms with Crippen LogP contribution >= 0.6 is 0 Å². The minimum absolute atomic E-state index is 0.0128. The van der Waals surface area contributed by atoms with E-state index in [2.05, 4.69) is 26.4 Å². The lowest BCUT2D eigenvalue weighted by Gasteiger charge is -2.37. The number of anilines is 1. The Bertz CT molecular complexity index is 839. The summed E-state index contributed by atoms with van der Waals surface area (Å²) in [6.45, 7) is 3.54. The maximum atomic E-state index is 13.3. The van der Waals surface area contributed by atoms with E-state index in [0.29, 0.717) is 18.9 Å². The van der Waals surface area contributed by atoms with Crippen LogP contribution in [0.2, 0.25) is 0 Å². The maximum Gasteiger partial charge on any atom is 0.319 e. The summed E-state index contributed by atoms with van der Waals surface area (Å²) in [7, 11) is 0. The number of benzene rings is 1. The highest BCUT2D eigenvalue weighted by Gasteiger charge is 2.42. The third kappa shape index (κ3) is 4.42. The molecule has 2 aliphatic rings. The van der Waals surface area contributed by atoms with Gasteiger partial charge in [-0.05, 0) is 69.5 Å². The molecule has 3 amide bonds. The fourth-order valence-electron chi connectivity index (χ4n) is 3.77. The van der Waals surface area contributed by atoms with Gasteiger partial charge < -0.3 is 21.3 Å². The van der Waals surface area contributed by atoms with E-state index in [-0.39, 0.29) is 18.0 Å². The van der Waals surface area contributed by atoms with Crippen LogP contribution < -0.4 is 21.3 Å². The van der Waals surface area contributed by atoms with Crippen LogP contribution in [0, 0.1) is 0 Å². The molecule has 1 aliphatic heterocycles. The normalized spacial score (nSPS) is 19.2. The number of rotatable bonds is 6. The van der Waals surface area contributed by atoms with Gasteiger partial charge in [0.2, 0.25) is 5.91 Å². The first-order valence-corrected chi connectivity index (χ1v) is 10.3. The lowest BCUT2D eigenvalue weighted by Crippen LogP contribution is -2.55. The molecule has 29 heavy (non-hydrogen) atoms. The predicted molar refractivity (Wildman–Crippen MR) is 110 cm³/mol. The van der Waals surface area contributed by atoms with Crippen LogP contribution in [0.3, 0.4) is 0 Å². The molecule has 0 bridgehead atoms. The van der Waals surface area contributed by atoms with Gasteiger partial charge in [0.25, 0.3) is 0 Å². The zero-order valence-electron chi connectivity index (χ0n) is 16.6. The van der Waals surface area contributed by atoms with Gasteiger partial charge in [0.05, 0.1) is 6.04 Å². The minimum Gasteiger partial charge on any atom is -0.347 e. The molecule has 0 radical (unpaired) electrons. The molecule has 2 heterocycles. The van der Waals surface area contributed by atoms with Crippen molar-refractivity contribution in [2.24, 2.45) is 0 Å². The Balaban J connectivity index is 1.40. The summed E-state index contributed by atoms with van der Waals surface area (Å²) in [4.78, 5) is 25.1. The number of carbonyl (C=O) groups excluding carboxylic acids is 2. The SMILES string of the molecule is CC(NC(=O)C1(n2cccn2)CCNCC1)c1ccc(NC(=O)NC2CC2)cc1. The van der Waals surface area contributed by atoms with Crippen molar-refractivity contribution < 1.29 is 9.59 Å². The van der Waals surface area contributed by atoms with Crippen LogP contribution in [0.5, 0.6) is 0 Å². The lowest BCUT2D eigenvalue weighted by molar-refractivity contribution is -0.132. The molecule has 1 aliphatic carbocycles. The molecule has 2 fully saturated rings. The largest absolute Gasteiger partial charge is 0.347 e. The average molecular weight is 396 g/mol. The molecule has 0 spiro atoms. The van der Waals surface area contributed by atoms with Crippen LogP contribution in [0.1, 0.15) is 44.2 Å². The number of hydrogen-bond acceptors (Lipinski definition) is 4. The highest BCUT2D eigenvalue weighted by molar-refractivity contribution is 5.89. The number of carbonyl (C=O) groups is 2. The number of piperidine rings is 1. The third-order valence-corrected chi connectivity index (χ3v) is 5.73. The van der Waals surface area contributed by atoms with Gasteiger partial charge in [0.1, 0.15) is 5.54 Å². The van der Waals surface area contributed by atoms with E-state index < -0.39 is 5.54 Å². The number of amides is 3. The van der Waals surface area contributed by atoms with Gasteiger partial charge in [0.15, 0.2) is 0 Å². The van der Waals surface area contributed by atoms with Crippen LogP contribution in [-0.4, -0.2) is 40.9 Å². The molecule has 1 aromatic heterocycles. The first kappa shape index (κ1) is 19.4. The van der Waals surface area contributed by atoms with Crippen molar-refractivity contribution in [3.63, 3.8) is 0 Å². The van der Waals surface area contributed by atoms with Gasteiger partial charge in [0, 0.05) is 24.1 Å². The summed E-state index contributed by atoms with van der Waals surface area (Å²) >= 11 is 0. The second-order valence-electron chi connectivity index (χ2n) is 7.92. The number of aromatic nitrogens is 2. The highest BCUT2D eigenvalue weighted by atomic mass is 16.2. The Morgan fingerprint density at radius 3 is 2.55 bits per heavy atom. The van der Waals surface area contributed by atoms with E-state index in [0.717, 1.165) is 37.2 Å². The molecule has 1 atom stereocenters. The summed E-state index contributed by atoms with van der Waals surface area (Å²) < 4.78 is 1.79. The Morgan fingerprint density at radius 1 is 1.21 bits per heavy atom. The molecule has 154 valence electrons. The molecule has 1 unspecified atom stereocenters. The van der Waals surface area contributed by atoms with Gasteiger partial charge in [-0.1, -0.05) is 12.1 Å². The van der Waals surface area contributed by atoms with Crippen molar-refractivity contribution in [2.45, 2.75) is 50.2 Å². The number of urea groups is 1. The fraction of sp³-hybridized carbons (Fsp3) is 0.476. The molecule has 1 saturated heterocycles. The van der Waals surface area contributed by atoms with Crippen LogP contribution in [0.15, 0.2) is 42.7 Å². The Morgan fingerprint density at radius 2 is 1.93 bits per heavy atom. The van der Waals surface area contributed by atoms with Crippen molar-refractivity contribution >= 4 is 17.6 Å². The summed E-state index contributed by atoms with van der Waals surface area (Å²) in [5, 5.41) is 16.6. The number of hydrogen-bond donors (Lipinski definition) is 4. The summed E-state index contributed by atoms with van der Waals surface area (Å²) in [6.07, 6.45) is 7.09. The molecular weight excluding hydrogens is 368 g/mol. The van der Waals surface area contributed by atoms with E-state index in [4.69, 9.17) is 0 Å². The van der Waals surface area contributed by atoms with E-state index in [9.17, 15) is 9.59 Å². The fourth-order valence-corrected chi connectivity index (χ4v) is 3.77. The van der Waals surface area contributed by atoms with Crippen LogP contribution in [-0.2, 0) is 10.3 Å². The summed E-state index contributed by atoms with van der Waals surface area (Å²) in [5.74, 6) is -0.0128. The monoisotopic (exact) mass is 396 g/mol. The standard InChI is InChI=1S/C21H28N6O2/c1-15(16-3-5-17(6-4-16)25-20(29)26-18-7-8-18)24-19(28)21(9-12-22-13-10-21)27-14-2-11-23-27/h2-6,11,14-15,18,22H,7-10,12-13H2,1H3,(H,24,28)(H2,25,26,29). The maximum absolute atomic E-state index is 13.3. The summed E-state index contributed by atoms with van der Waals surface area (Å²) in [5.41, 5.74) is 1.05. The van der Waals surface area contributed by atoms with E-state index >= 15 is 0 Å². The van der Waals surface area contributed by atoms with E-state index in [1.807, 2.05) is 43.5 Å². The molecule has 1 aromatic carbocycles. The van der Waals surface area contributed by atoms with Crippen molar-refractivity contribution in [3.05, 3.63) is 48.3 Å². The third-order valence-electron chi connectivity index (χ3n) is 5.73. The van der Waals surface area contributed by atoms with Crippen LogP contribution in [0.25, 0.3) is 0 Å². The molecule has 8 nitrogen and oxygen atoms in total. The van der Waals surface area contributed by atoms with Crippen molar-refractivity contribution in [1.82, 2.24) is 25.7 Å².